The van der Waals surface area contributed by atoms with Crippen molar-refractivity contribution in [1.29, 1.82) is 0 Å². The third-order valence-electron chi connectivity index (χ3n) is 5.89. The molecule has 2 amide bonds. The van der Waals surface area contributed by atoms with Crippen molar-refractivity contribution in [3.63, 3.8) is 0 Å². The number of likely N-dealkylation sites (tertiary alicyclic amines) is 1. The van der Waals surface area contributed by atoms with Gasteiger partial charge >= 0.3 is 5.97 Å². The second-order valence-corrected chi connectivity index (χ2v) is 8.75. The largest absolute Gasteiger partial charge is 0.484 e. The molecule has 1 N–H and O–H groups in total. The Hall–Kier alpha value is -4.33. The van der Waals surface area contributed by atoms with Crippen LogP contribution in [0.5, 0.6) is 11.5 Å². The van der Waals surface area contributed by atoms with Crippen LogP contribution in [0.1, 0.15) is 43.0 Å². The third kappa shape index (κ3) is 8.65. The zero-order valence-corrected chi connectivity index (χ0v) is 21.9. The Morgan fingerprint density at radius 2 is 1.66 bits per heavy atom. The number of carbonyl (C=O) groups excluding carboxylic acids is 3. The number of para-hydroxylation sites is 1. The summed E-state index contributed by atoms with van der Waals surface area (Å²) in [5, 5.41) is 2.72. The minimum Gasteiger partial charge on any atom is -0.484 e. The van der Waals surface area contributed by atoms with Crippen molar-refractivity contribution in [3.05, 3.63) is 90.2 Å². The number of carbonyl (C=O) groups is 3. The van der Waals surface area contributed by atoms with Crippen LogP contribution in [0, 0.1) is 0 Å². The average Bonchev–Trinajstić information content (AvgIpc) is 2.94. The van der Waals surface area contributed by atoms with Gasteiger partial charge < -0.3 is 24.4 Å². The first-order valence-electron chi connectivity index (χ1n) is 12.6. The molecule has 0 bridgehead atoms. The number of piperidine rings is 1. The third-order valence-corrected chi connectivity index (χ3v) is 5.89. The van der Waals surface area contributed by atoms with Gasteiger partial charge in [0.05, 0.1) is 24.8 Å². The van der Waals surface area contributed by atoms with E-state index in [2.05, 4.69) is 11.9 Å². The molecule has 0 unspecified atom stereocenters. The van der Waals surface area contributed by atoms with E-state index in [0.717, 1.165) is 25.9 Å². The smallest absolute Gasteiger partial charge is 0.339 e. The average molecular weight is 519 g/mol. The van der Waals surface area contributed by atoms with Crippen LogP contribution in [0.3, 0.4) is 0 Å². The van der Waals surface area contributed by atoms with Crippen LogP contribution in [0.25, 0.3) is 0 Å². The van der Waals surface area contributed by atoms with E-state index in [1.165, 1.54) is 13.5 Å². The van der Waals surface area contributed by atoms with Crippen molar-refractivity contribution >= 4 is 23.5 Å². The van der Waals surface area contributed by atoms with Gasteiger partial charge in [0.2, 0.25) is 5.91 Å². The van der Waals surface area contributed by atoms with Crippen LogP contribution in [0.2, 0.25) is 0 Å². The summed E-state index contributed by atoms with van der Waals surface area (Å²) in [4.78, 5) is 38.5. The van der Waals surface area contributed by atoms with Gasteiger partial charge in [-0.1, -0.05) is 24.8 Å². The van der Waals surface area contributed by atoms with Crippen LogP contribution in [0.4, 0.5) is 5.69 Å². The van der Waals surface area contributed by atoms with Crippen LogP contribution >= 0.6 is 0 Å². The molecule has 8 heteroatoms. The van der Waals surface area contributed by atoms with Crippen LogP contribution < -0.4 is 14.8 Å². The molecular weight excluding hydrogens is 484 g/mol. The molecule has 38 heavy (non-hydrogen) atoms. The Morgan fingerprint density at radius 1 is 0.974 bits per heavy atom. The summed E-state index contributed by atoms with van der Waals surface area (Å²) in [6.45, 7) is 7.39. The second kappa shape index (κ2) is 14.4. The standard InChI is InChI=1S/C30H34N2O6/c1-4-23(13-12-22(2)20-28(33)31-27-11-7-6-10-26(27)30(35)36-3)38-25-16-14-24(15-17-25)37-21-29(34)32-18-8-5-9-19-32/h4,6-7,10-17H,2,5,8-9,18-21H2,1,3H3,(H,31,33)/b13-12-,23-4+. The summed E-state index contributed by atoms with van der Waals surface area (Å²) in [6.07, 6.45) is 8.51. The first kappa shape index (κ1) is 28.2. The molecule has 0 spiro atoms. The molecule has 1 heterocycles. The predicted molar refractivity (Wildman–Crippen MR) is 146 cm³/mol. The lowest BCUT2D eigenvalue weighted by molar-refractivity contribution is -0.134. The molecule has 0 radical (unpaired) electrons. The number of ether oxygens (including phenoxy) is 3. The molecule has 0 atom stereocenters. The Kier molecular flexibility index (Phi) is 10.7. The number of amides is 2. The zero-order chi connectivity index (χ0) is 27.3. The summed E-state index contributed by atoms with van der Waals surface area (Å²) in [5.74, 6) is 0.923. The lowest BCUT2D eigenvalue weighted by atomic mass is 10.1. The maximum Gasteiger partial charge on any atom is 0.339 e. The Morgan fingerprint density at radius 3 is 2.34 bits per heavy atom. The second-order valence-electron chi connectivity index (χ2n) is 8.75. The number of benzene rings is 2. The topological polar surface area (TPSA) is 94.2 Å². The molecule has 0 aliphatic carbocycles. The minimum atomic E-state index is -0.528. The van der Waals surface area contributed by atoms with E-state index >= 15 is 0 Å². The Bertz CT molecular complexity index is 1190. The fourth-order valence-electron chi connectivity index (χ4n) is 3.85. The van der Waals surface area contributed by atoms with Gasteiger partial charge in [0.1, 0.15) is 17.3 Å². The molecule has 0 saturated carbocycles. The van der Waals surface area contributed by atoms with E-state index in [1.54, 1.807) is 66.8 Å². The van der Waals surface area contributed by atoms with Gasteiger partial charge in [-0.3, -0.25) is 9.59 Å². The molecule has 1 aliphatic rings. The predicted octanol–water partition coefficient (Wildman–Crippen LogP) is 5.29. The SMILES string of the molecule is C=C(/C=C\C(=C/C)Oc1ccc(OCC(=O)N2CCCCC2)cc1)CC(=O)Nc1ccccc1C(=O)OC. The van der Waals surface area contributed by atoms with E-state index in [-0.39, 0.29) is 30.4 Å². The molecule has 8 nitrogen and oxygen atoms in total. The number of anilines is 1. The monoisotopic (exact) mass is 518 g/mol. The van der Waals surface area contributed by atoms with E-state index in [9.17, 15) is 14.4 Å². The highest BCUT2D eigenvalue weighted by Gasteiger charge is 2.17. The number of esters is 1. The van der Waals surface area contributed by atoms with Crippen molar-refractivity contribution in [1.82, 2.24) is 4.90 Å². The molecule has 200 valence electrons. The van der Waals surface area contributed by atoms with E-state index in [0.29, 0.717) is 28.5 Å². The zero-order valence-electron chi connectivity index (χ0n) is 21.9. The molecule has 0 aromatic heterocycles. The van der Waals surface area contributed by atoms with Crippen LogP contribution in [0.15, 0.2) is 84.7 Å². The maximum absolute atomic E-state index is 12.5. The van der Waals surface area contributed by atoms with Gasteiger partial charge in [0, 0.05) is 13.1 Å². The fourth-order valence-corrected chi connectivity index (χ4v) is 3.85. The molecule has 1 fully saturated rings. The summed E-state index contributed by atoms with van der Waals surface area (Å²) in [5.41, 5.74) is 1.21. The maximum atomic E-state index is 12.5. The number of hydrogen-bond acceptors (Lipinski definition) is 6. The summed E-state index contributed by atoms with van der Waals surface area (Å²) >= 11 is 0. The van der Waals surface area contributed by atoms with Gasteiger partial charge in [-0.2, -0.15) is 0 Å². The summed E-state index contributed by atoms with van der Waals surface area (Å²) in [6, 6.07) is 13.7. The van der Waals surface area contributed by atoms with Crippen molar-refractivity contribution < 1.29 is 28.6 Å². The van der Waals surface area contributed by atoms with Crippen molar-refractivity contribution in [3.8, 4) is 11.5 Å². The normalized spacial score (nSPS) is 13.6. The van der Waals surface area contributed by atoms with Gasteiger partial charge in [-0.05, 0) is 80.3 Å². The lowest BCUT2D eigenvalue weighted by Crippen LogP contribution is -2.38. The van der Waals surface area contributed by atoms with Gasteiger partial charge in [0.25, 0.3) is 5.91 Å². The van der Waals surface area contributed by atoms with Crippen LogP contribution in [-0.4, -0.2) is 49.5 Å². The number of nitrogens with zero attached hydrogens (tertiary/aromatic N) is 1. The van der Waals surface area contributed by atoms with Crippen molar-refractivity contribution in [2.24, 2.45) is 0 Å². The lowest BCUT2D eigenvalue weighted by Gasteiger charge is -2.26. The van der Waals surface area contributed by atoms with Gasteiger partial charge in [-0.15, -0.1) is 0 Å². The van der Waals surface area contributed by atoms with Gasteiger partial charge in [0.15, 0.2) is 6.61 Å². The van der Waals surface area contributed by atoms with Gasteiger partial charge in [-0.25, -0.2) is 4.79 Å². The number of nitrogens with one attached hydrogen (secondary N) is 1. The van der Waals surface area contributed by atoms with E-state index in [1.807, 2.05) is 11.8 Å². The highest BCUT2D eigenvalue weighted by atomic mass is 16.5. The molecule has 1 saturated heterocycles. The van der Waals surface area contributed by atoms with E-state index < -0.39 is 5.97 Å². The van der Waals surface area contributed by atoms with E-state index in [4.69, 9.17) is 14.2 Å². The number of rotatable bonds is 11. The van der Waals surface area contributed by atoms with Crippen molar-refractivity contribution in [2.45, 2.75) is 32.6 Å². The van der Waals surface area contributed by atoms with Crippen LogP contribution in [-0.2, 0) is 14.3 Å². The fraction of sp³-hybridized carbons (Fsp3) is 0.300. The first-order chi connectivity index (χ1) is 18.4. The quantitative estimate of drug-likeness (QED) is 0.247. The summed E-state index contributed by atoms with van der Waals surface area (Å²) in [7, 11) is 1.29. The first-order valence-corrected chi connectivity index (χ1v) is 12.6. The molecule has 3 rings (SSSR count). The number of methoxy groups -OCH3 is 1. The number of allylic oxidation sites excluding steroid dienone is 3. The Balaban J connectivity index is 1.47. The number of hydrogen-bond donors (Lipinski definition) is 1. The molecule has 2 aromatic carbocycles. The summed E-state index contributed by atoms with van der Waals surface area (Å²) < 4.78 is 16.3. The molecule has 1 aliphatic heterocycles. The minimum absolute atomic E-state index is 0.00736. The van der Waals surface area contributed by atoms with Crippen molar-refractivity contribution in [2.75, 3.05) is 32.1 Å². The molecule has 2 aromatic rings. The highest BCUT2D eigenvalue weighted by molar-refractivity contribution is 6.01. The Labute approximate surface area is 223 Å². The highest BCUT2D eigenvalue weighted by Crippen LogP contribution is 2.21. The molecular formula is C30H34N2O6.